The number of aromatic nitrogens is 1. The van der Waals surface area contributed by atoms with Gasteiger partial charge in [0.1, 0.15) is 6.23 Å². The average Bonchev–Trinajstić information content (AvgIpc) is 3.24. The van der Waals surface area contributed by atoms with Crippen molar-refractivity contribution in [3.63, 3.8) is 0 Å². The van der Waals surface area contributed by atoms with Crippen LogP contribution >= 0.6 is 24.0 Å². The predicted octanol–water partition coefficient (Wildman–Crippen LogP) is 2.69. The Labute approximate surface area is 167 Å². The topological polar surface area (TPSA) is 103 Å². The summed E-state index contributed by atoms with van der Waals surface area (Å²) in [5.41, 5.74) is 10.4. The van der Waals surface area contributed by atoms with Crippen molar-refractivity contribution in [2.24, 2.45) is 5.73 Å². The Hall–Kier alpha value is -2.09. The van der Waals surface area contributed by atoms with Gasteiger partial charge < -0.3 is 21.1 Å². The summed E-state index contributed by atoms with van der Waals surface area (Å²) in [6.07, 6.45) is -0.747. The smallest absolute Gasteiger partial charge is 0.251 e. The van der Waals surface area contributed by atoms with Gasteiger partial charge in [-0.05, 0) is 35.9 Å². The largest absolute Gasteiger partial charge is 0.374 e. The number of H-pyrrole nitrogens is 1. The molecule has 27 heavy (non-hydrogen) atoms. The maximum absolute atomic E-state index is 12.1. The molecule has 6 nitrogen and oxygen atoms in total. The molecule has 1 unspecified atom stereocenters. The lowest BCUT2D eigenvalue weighted by Gasteiger charge is -2.11. The van der Waals surface area contributed by atoms with Crippen LogP contribution in [0.5, 0.6) is 0 Å². The Bertz CT molecular complexity index is 1000. The van der Waals surface area contributed by atoms with Gasteiger partial charge in [0.15, 0.2) is 0 Å². The van der Waals surface area contributed by atoms with E-state index in [2.05, 4.69) is 15.6 Å². The molecule has 6 N–H and O–H groups in total. The summed E-state index contributed by atoms with van der Waals surface area (Å²) in [7, 11) is 0. The van der Waals surface area contributed by atoms with E-state index in [4.69, 9.17) is 17.3 Å². The van der Waals surface area contributed by atoms with Crippen LogP contribution < -0.4 is 16.4 Å². The lowest BCUT2D eigenvalue weighted by molar-refractivity contribution is 0.0955. The van der Waals surface area contributed by atoms with Crippen LogP contribution in [0.2, 0.25) is 5.02 Å². The standard InChI is InChI=1S/C19H19ClN4O2.ClH/c20-14-3-2-12(17-13(14)9-23-19(17)26)16-8-11-7-10(1-4-15(11)24-16)18(25)22-6-5-21;/h1-4,7-8,19,23-24,26H,5-6,9,21H2,(H,22,25);1H. The van der Waals surface area contributed by atoms with Crippen LogP contribution in [0.3, 0.4) is 0 Å². The van der Waals surface area contributed by atoms with E-state index < -0.39 is 6.23 Å². The molecule has 0 fully saturated rings. The first-order valence-corrected chi connectivity index (χ1v) is 8.80. The molecule has 0 radical (unpaired) electrons. The number of benzene rings is 2. The number of aromatic amines is 1. The number of amides is 1. The molecular weight excluding hydrogens is 387 g/mol. The van der Waals surface area contributed by atoms with Crippen LogP contribution in [0.4, 0.5) is 0 Å². The maximum Gasteiger partial charge on any atom is 0.251 e. The summed E-state index contributed by atoms with van der Waals surface area (Å²) in [6, 6.07) is 11.2. The predicted molar refractivity (Wildman–Crippen MR) is 109 cm³/mol. The van der Waals surface area contributed by atoms with Gasteiger partial charge in [0.25, 0.3) is 5.91 Å². The minimum Gasteiger partial charge on any atom is -0.374 e. The average molecular weight is 407 g/mol. The third-order valence-electron chi connectivity index (χ3n) is 4.65. The second-order valence-corrected chi connectivity index (χ2v) is 6.71. The van der Waals surface area contributed by atoms with Gasteiger partial charge >= 0.3 is 0 Å². The first kappa shape index (κ1) is 19.7. The number of carbonyl (C=O) groups is 1. The second kappa shape index (κ2) is 7.88. The minimum atomic E-state index is -0.747. The molecule has 1 aromatic heterocycles. The Balaban J connectivity index is 0.00000210. The Morgan fingerprint density at radius 1 is 1.30 bits per heavy atom. The van der Waals surface area contributed by atoms with Crippen LogP contribution in [-0.4, -0.2) is 29.1 Å². The first-order chi connectivity index (χ1) is 12.6. The van der Waals surface area contributed by atoms with Gasteiger partial charge in [0.2, 0.25) is 0 Å². The first-order valence-electron chi connectivity index (χ1n) is 8.42. The van der Waals surface area contributed by atoms with Crippen LogP contribution in [-0.2, 0) is 6.54 Å². The van der Waals surface area contributed by atoms with E-state index in [1.807, 2.05) is 30.3 Å². The Morgan fingerprint density at radius 3 is 2.89 bits per heavy atom. The van der Waals surface area contributed by atoms with Gasteiger partial charge in [0, 0.05) is 57.9 Å². The number of aliphatic hydroxyl groups is 1. The molecule has 4 rings (SSSR count). The van der Waals surface area contributed by atoms with E-state index in [1.165, 1.54) is 0 Å². The highest BCUT2D eigenvalue weighted by molar-refractivity contribution is 6.31. The Kier molecular flexibility index (Phi) is 5.74. The molecule has 0 saturated heterocycles. The van der Waals surface area contributed by atoms with Crippen molar-refractivity contribution in [3.05, 3.63) is 58.1 Å². The van der Waals surface area contributed by atoms with Crippen molar-refractivity contribution < 1.29 is 9.90 Å². The second-order valence-electron chi connectivity index (χ2n) is 6.30. The molecule has 1 aliphatic rings. The number of halogens is 2. The van der Waals surface area contributed by atoms with Crippen LogP contribution in [0.1, 0.15) is 27.7 Å². The van der Waals surface area contributed by atoms with Gasteiger partial charge in [-0.2, -0.15) is 0 Å². The number of aliphatic hydroxyl groups excluding tert-OH is 1. The van der Waals surface area contributed by atoms with Crippen LogP contribution in [0, 0.1) is 0 Å². The maximum atomic E-state index is 12.1. The van der Waals surface area contributed by atoms with Gasteiger partial charge in [0.05, 0.1) is 0 Å². The molecule has 0 bridgehead atoms. The summed E-state index contributed by atoms with van der Waals surface area (Å²) >= 11 is 6.26. The van der Waals surface area contributed by atoms with Crippen molar-refractivity contribution >= 4 is 40.8 Å². The molecule has 2 aromatic carbocycles. The molecule has 1 atom stereocenters. The van der Waals surface area contributed by atoms with Gasteiger partial charge in [-0.3, -0.25) is 10.1 Å². The molecule has 8 heteroatoms. The van der Waals surface area contributed by atoms with Gasteiger partial charge in [-0.25, -0.2) is 0 Å². The fourth-order valence-corrected chi connectivity index (χ4v) is 3.60. The highest BCUT2D eigenvalue weighted by Gasteiger charge is 2.26. The highest BCUT2D eigenvalue weighted by atomic mass is 35.5. The molecule has 1 amide bonds. The van der Waals surface area contributed by atoms with Crippen molar-refractivity contribution in [1.82, 2.24) is 15.6 Å². The van der Waals surface area contributed by atoms with E-state index >= 15 is 0 Å². The van der Waals surface area contributed by atoms with E-state index in [0.29, 0.717) is 30.2 Å². The Morgan fingerprint density at radius 2 is 2.11 bits per heavy atom. The molecule has 0 spiro atoms. The lowest BCUT2D eigenvalue weighted by Crippen LogP contribution is -2.28. The monoisotopic (exact) mass is 406 g/mol. The summed E-state index contributed by atoms with van der Waals surface area (Å²) in [6.45, 7) is 1.38. The lowest BCUT2D eigenvalue weighted by atomic mass is 10.00. The van der Waals surface area contributed by atoms with Crippen molar-refractivity contribution in [2.75, 3.05) is 13.1 Å². The molecular formula is C19H20Cl2N4O2. The summed E-state index contributed by atoms with van der Waals surface area (Å²) in [5, 5.41) is 17.6. The molecule has 1 aliphatic heterocycles. The number of fused-ring (bicyclic) bond motifs is 2. The van der Waals surface area contributed by atoms with Gasteiger partial charge in [-0.1, -0.05) is 17.7 Å². The highest BCUT2D eigenvalue weighted by Crippen LogP contribution is 2.38. The number of hydrogen-bond donors (Lipinski definition) is 5. The molecule has 142 valence electrons. The quantitative estimate of drug-likeness (QED) is 0.459. The minimum absolute atomic E-state index is 0. The molecule has 2 heterocycles. The van der Waals surface area contributed by atoms with Crippen LogP contribution in [0.15, 0.2) is 36.4 Å². The zero-order valence-electron chi connectivity index (χ0n) is 14.4. The zero-order chi connectivity index (χ0) is 18.3. The summed E-state index contributed by atoms with van der Waals surface area (Å²) in [4.78, 5) is 15.5. The normalized spacial score (nSPS) is 15.4. The van der Waals surface area contributed by atoms with Crippen molar-refractivity contribution in [2.45, 2.75) is 12.8 Å². The van der Waals surface area contributed by atoms with E-state index in [1.54, 1.807) is 6.07 Å². The number of nitrogens with one attached hydrogen (secondary N) is 3. The molecule has 3 aromatic rings. The van der Waals surface area contributed by atoms with Crippen LogP contribution in [0.25, 0.3) is 22.2 Å². The van der Waals surface area contributed by atoms with E-state index in [9.17, 15) is 9.90 Å². The summed E-state index contributed by atoms with van der Waals surface area (Å²) < 4.78 is 0. The van der Waals surface area contributed by atoms with E-state index in [0.717, 1.165) is 33.3 Å². The molecule has 0 aliphatic carbocycles. The van der Waals surface area contributed by atoms with Crippen molar-refractivity contribution in [1.29, 1.82) is 0 Å². The van der Waals surface area contributed by atoms with E-state index in [-0.39, 0.29) is 18.3 Å². The fraction of sp³-hybridized carbons (Fsp3) is 0.211. The number of hydrogen-bond acceptors (Lipinski definition) is 4. The van der Waals surface area contributed by atoms with Gasteiger partial charge in [-0.15, -0.1) is 12.4 Å². The third kappa shape index (κ3) is 3.54. The number of nitrogens with two attached hydrogens (primary N) is 1. The van der Waals surface area contributed by atoms with Crippen molar-refractivity contribution in [3.8, 4) is 11.3 Å². The molecule has 0 saturated carbocycles. The number of rotatable bonds is 4. The summed E-state index contributed by atoms with van der Waals surface area (Å²) in [5.74, 6) is -0.146. The SMILES string of the molecule is Cl.NCCNC(=O)c1ccc2[nH]c(-c3ccc(Cl)c4c3C(O)NC4)cc2c1. The third-order valence-corrected chi connectivity index (χ3v) is 5.00. The number of carbonyl (C=O) groups excluding carboxylic acids is 1. The zero-order valence-corrected chi connectivity index (χ0v) is 16.0. The fourth-order valence-electron chi connectivity index (χ4n) is 3.37.